The molecule has 0 spiro atoms. The third-order valence-corrected chi connectivity index (χ3v) is 8.50. The van der Waals surface area contributed by atoms with Crippen LogP contribution >= 0.6 is 11.8 Å². The molecule has 2 aromatic carbocycles. The summed E-state index contributed by atoms with van der Waals surface area (Å²) in [4.78, 5) is 12.1. The fraction of sp³-hybridized carbons (Fsp3) is 0.480. The average molecular weight is 494 g/mol. The lowest BCUT2D eigenvalue weighted by molar-refractivity contribution is -0.139. The quantitative estimate of drug-likeness (QED) is 0.291. The highest BCUT2D eigenvalue weighted by Gasteiger charge is 2.20. The fourth-order valence-corrected chi connectivity index (χ4v) is 5.42. The van der Waals surface area contributed by atoms with E-state index in [0.717, 1.165) is 34.7 Å². The first-order chi connectivity index (χ1) is 15.5. The zero-order chi connectivity index (χ0) is 24.5. The molecule has 0 heterocycles. The maximum Gasteiger partial charge on any atom is 0.341 e. The molecule has 2 N–H and O–H groups in total. The Kier molecular flexibility index (Phi) is 10.3. The van der Waals surface area contributed by atoms with Crippen LogP contribution in [-0.4, -0.2) is 50.7 Å². The number of sulfone groups is 1. The molecule has 2 aromatic rings. The van der Waals surface area contributed by atoms with Crippen LogP contribution in [0.1, 0.15) is 44.7 Å². The van der Waals surface area contributed by atoms with Gasteiger partial charge in [0.25, 0.3) is 0 Å². The van der Waals surface area contributed by atoms with E-state index >= 15 is 0 Å². The van der Waals surface area contributed by atoms with E-state index in [1.165, 1.54) is 0 Å². The van der Waals surface area contributed by atoms with Gasteiger partial charge in [-0.2, -0.15) is 0 Å². The van der Waals surface area contributed by atoms with Gasteiger partial charge in [-0.25, -0.2) is 13.2 Å². The topological polar surface area (TPSA) is 92.7 Å². The monoisotopic (exact) mass is 493 g/mol. The van der Waals surface area contributed by atoms with E-state index in [0.29, 0.717) is 23.6 Å². The highest BCUT2D eigenvalue weighted by Crippen LogP contribution is 2.28. The Bertz CT molecular complexity index is 1020. The lowest BCUT2D eigenvalue weighted by Crippen LogP contribution is -2.21. The third kappa shape index (κ3) is 8.68. The van der Waals surface area contributed by atoms with Crippen LogP contribution in [0.15, 0.2) is 52.3 Å². The number of carbonyl (C=O) groups is 1. The second-order valence-electron chi connectivity index (χ2n) is 8.64. The van der Waals surface area contributed by atoms with Crippen LogP contribution in [0.3, 0.4) is 0 Å². The van der Waals surface area contributed by atoms with Gasteiger partial charge in [0.05, 0.1) is 10.6 Å². The maximum absolute atomic E-state index is 12.6. The minimum absolute atomic E-state index is 0.0408. The van der Waals surface area contributed by atoms with Crippen molar-refractivity contribution in [2.75, 3.05) is 31.2 Å². The Morgan fingerprint density at radius 3 is 2.42 bits per heavy atom. The number of thioether (sulfide) groups is 1. The number of ether oxygens (including phenoxy) is 1. The number of carboxylic acid groups (broad SMARTS) is 1. The molecule has 0 fully saturated rings. The molecule has 0 atom stereocenters. The predicted octanol–water partition coefficient (Wildman–Crippen LogP) is 4.69. The van der Waals surface area contributed by atoms with E-state index in [2.05, 4.69) is 26.1 Å². The summed E-state index contributed by atoms with van der Waals surface area (Å²) in [5.41, 5.74) is 2.09. The fourth-order valence-electron chi connectivity index (χ4n) is 3.20. The molecule has 182 valence electrons. The van der Waals surface area contributed by atoms with E-state index in [1.54, 1.807) is 30.0 Å². The van der Waals surface area contributed by atoms with Gasteiger partial charge >= 0.3 is 5.97 Å². The lowest BCUT2D eigenvalue weighted by atomic mass is 9.82. The Morgan fingerprint density at radius 1 is 1.12 bits per heavy atom. The van der Waals surface area contributed by atoms with Crippen LogP contribution in [0.4, 0.5) is 0 Å². The number of aliphatic carboxylic acids is 1. The molecule has 0 bridgehead atoms. The minimum Gasteiger partial charge on any atom is -0.482 e. The summed E-state index contributed by atoms with van der Waals surface area (Å²) in [6, 6.07) is 13.0. The van der Waals surface area contributed by atoms with Crippen LogP contribution in [0.2, 0.25) is 0 Å². The third-order valence-electron chi connectivity index (χ3n) is 5.69. The molecule has 33 heavy (non-hydrogen) atoms. The highest BCUT2D eigenvalue weighted by atomic mass is 32.2. The summed E-state index contributed by atoms with van der Waals surface area (Å²) >= 11 is 1.68. The van der Waals surface area contributed by atoms with Gasteiger partial charge in [0.1, 0.15) is 5.75 Å². The molecule has 0 aliphatic heterocycles. The van der Waals surface area contributed by atoms with Crippen molar-refractivity contribution in [3.63, 3.8) is 0 Å². The van der Waals surface area contributed by atoms with E-state index in [9.17, 15) is 13.2 Å². The van der Waals surface area contributed by atoms with Crippen molar-refractivity contribution in [3.8, 4) is 5.75 Å². The van der Waals surface area contributed by atoms with Crippen molar-refractivity contribution in [3.05, 3.63) is 53.6 Å². The number of hydrogen-bond acceptors (Lipinski definition) is 6. The zero-order valence-corrected chi connectivity index (χ0v) is 21.5. The van der Waals surface area contributed by atoms with Crippen LogP contribution in [-0.2, 0) is 20.0 Å². The molecule has 0 aromatic heterocycles. The summed E-state index contributed by atoms with van der Waals surface area (Å²) in [5.74, 6) is 0.544. The average Bonchev–Trinajstić information content (AvgIpc) is 2.77. The van der Waals surface area contributed by atoms with Crippen molar-refractivity contribution in [1.29, 1.82) is 0 Å². The predicted molar refractivity (Wildman–Crippen MR) is 134 cm³/mol. The van der Waals surface area contributed by atoms with Crippen molar-refractivity contribution >= 4 is 27.6 Å². The summed E-state index contributed by atoms with van der Waals surface area (Å²) in [5, 5.41) is 12.0. The van der Waals surface area contributed by atoms with Crippen LogP contribution in [0.25, 0.3) is 0 Å². The van der Waals surface area contributed by atoms with Crippen molar-refractivity contribution in [2.45, 2.75) is 55.7 Å². The van der Waals surface area contributed by atoms with E-state index < -0.39 is 15.8 Å². The molecule has 0 aliphatic carbocycles. The number of carboxylic acids is 1. The molecule has 2 rings (SSSR count). The van der Waals surface area contributed by atoms with Crippen molar-refractivity contribution in [2.24, 2.45) is 0 Å². The largest absolute Gasteiger partial charge is 0.482 e. The minimum atomic E-state index is -3.28. The van der Waals surface area contributed by atoms with Gasteiger partial charge in [0, 0.05) is 17.2 Å². The summed E-state index contributed by atoms with van der Waals surface area (Å²) in [7, 11) is -3.28. The number of benzene rings is 2. The molecule has 0 saturated carbocycles. The van der Waals surface area contributed by atoms with Gasteiger partial charge in [0.15, 0.2) is 16.4 Å². The number of hydrogen-bond donors (Lipinski definition) is 2. The van der Waals surface area contributed by atoms with Gasteiger partial charge in [-0.15, -0.1) is 11.8 Å². The molecular formula is C25H35NO5S2. The smallest absolute Gasteiger partial charge is 0.341 e. The van der Waals surface area contributed by atoms with E-state index in [-0.39, 0.29) is 17.8 Å². The Hall–Kier alpha value is -2.03. The number of nitrogens with one attached hydrogen (secondary N) is 1. The summed E-state index contributed by atoms with van der Waals surface area (Å²) in [6.07, 6.45) is 1.55. The first kappa shape index (κ1) is 27.2. The molecule has 0 amide bonds. The summed E-state index contributed by atoms with van der Waals surface area (Å²) < 4.78 is 30.4. The zero-order valence-electron chi connectivity index (χ0n) is 19.9. The van der Waals surface area contributed by atoms with E-state index in [4.69, 9.17) is 9.84 Å². The van der Waals surface area contributed by atoms with Crippen LogP contribution < -0.4 is 10.1 Å². The Morgan fingerprint density at radius 2 is 1.82 bits per heavy atom. The maximum atomic E-state index is 12.6. The first-order valence-corrected chi connectivity index (χ1v) is 13.8. The van der Waals surface area contributed by atoms with Crippen molar-refractivity contribution < 1.29 is 23.1 Å². The van der Waals surface area contributed by atoms with Crippen LogP contribution in [0, 0.1) is 6.92 Å². The Labute approximate surface area is 202 Å². The van der Waals surface area contributed by atoms with Crippen LogP contribution in [0.5, 0.6) is 5.75 Å². The highest BCUT2D eigenvalue weighted by molar-refractivity contribution is 7.99. The molecular weight excluding hydrogens is 458 g/mol. The molecule has 8 heteroatoms. The van der Waals surface area contributed by atoms with Gasteiger partial charge in [-0.1, -0.05) is 32.9 Å². The van der Waals surface area contributed by atoms with Crippen molar-refractivity contribution in [1.82, 2.24) is 5.32 Å². The molecule has 0 radical (unpaired) electrons. The van der Waals surface area contributed by atoms with Gasteiger partial charge in [-0.3, -0.25) is 0 Å². The molecule has 6 nitrogen and oxygen atoms in total. The van der Waals surface area contributed by atoms with E-state index in [1.807, 2.05) is 31.2 Å². The lowest BCUT2D eigenvalue weighted by Gasteiger charge is -2.23. The van der Waals surface area contributed by atoms with Gasteiger partial charge in [0.2, 0.25) is 0 Å². The SMILES string of the molecule is CCC(C)(C)c1ccc(S(=O)(=O)CCCNCCSc2ccc(OCC(=O)O)c(C)c2)cc1. The normalized spacial score (nSPS) is 12.0. The second kappa shape index (κ2) is 12.4. The second-order valence-corrected chi connectivity index (χ2v) is 11.9. The van der Waals surface area contributed by atoms with Gasteiger partial charge in [-0.05, 0) is 73.2 Å². The van der Waals surface area contributed by atoms with Gasteiger partial charge < -0.3 is 15.2 Å². The molecule has 0 aliphatic rings. The number of aryl methyl sites for hydroxylation is 1. The Balaban J connectivity index is 1.70. The summed E-state index contributed by atoms with van der Waals surface area (Å²) in [6.45, 7) is 9.39. The molecule has 0 unspecified atom stereocenters. The first-order valence-electron chi connectivity index (χ1n) is 11.2. The number of rotatable bonds is 14. The standard InChI is InChI=1S/C25H35NO5S2/c1-5-25(3,4)20-7-10-22(11-8-20)33(29,30)16-6-13-26-14-15-32-21-9-12-23(19(2)17-21)31-18-24(27)28/h7-12,17,26H,5-6,13-16,18H2,1-4H3,(H,27,28). The molecule has 0 saturated heterocycles.